The molecule has 1 aromatic heterocycles. The summed E-state index contributed by atoms with van der Waals surface area (Å²) in [7, 11) is 0. The summed E-state index contributed by atoms with van der Waals surface area (Å²) < 4.78 is 8.65. The van der Waals surface area contributed by atoms with Crippen molar-refractivity contribution in [2.75, 3.05) is 0 Å². The highest BCUT2D eigenvalue weighted by molar-refractivity contribution is 4.96. The molecule has 0 bridgehead atoms. The van der Waals surface area contributed by atoms with Crippen LogP contribution in [0.4, 0.5) is 0 Å². The summed E-state index contributed by atoms with van der Waals surface area (Å²) in [5, 5.41) is 3.44. The van der Waals surface area contributed by atoms with E-state index in [1.807, 2.05) is 6.20 Å². The van der Waals surface area contributed by atoms with E-state index in [1.165, 1.54) is 38.5 Å². The van der Waals surface area contributed by atoms with Crippen LogP contribution >= 0.6 is 0 Å². The maximum absolute atomic E-state index is 6.39. The summed E-state index contributed by atoms with van der Waals surface area (Å²) in [6, 6.07) is 0.490. The minimum absolute atomic E-state index is 0.238. The lowest BCUT2D eigenvalue weighted by molar-refractivity contribution is -0.0420. The van der Waals surface area contributed by atoms with Gasteiger partial charge in [0.05, 0.1) is 24.8 Å². The number of hydrogen-bond acceptors (Lipinski definition) is 3. The van der Waals surface area contributed by atoms with E-state index in [9.17, 15) is 0 Å². The van der Waals surface area contributed by atoms with E-state index in [0.29, 0.717) is 12.1 Å². The highest BCUT2D eigenvalue weighted by Crippen LogP contribution is 2.43. The van der Waals surface area contributed by atoms with E-state index in [1.54, 1.807) is 0 Å². The molecule has 2 aliphatic rings. The lowest BCUT2D eigenvalue weighted by Gasteiger charge is -2.24. The first-order valence-electron chi connectivity index (χ1n) is 8.08. The molecule has 112 valence electrons. The van der Waals surface area contributed by atoms with E-state index in [4.69, 9.17) is 4.74 Å². The lowest BCUT2D eigenvalue weighted by Crippen LogP contribution is -2.28. The Kier molecular flexibility index (Phi) is 4.13. The molecule has 1 N–H and O–H groups in total. The van der Waals surface area contributed by atoms with Crippen LogP contribution < -0.4 is 5.32 Å². The van der Waals surface area contributed by atoms with E-state index in [-0.39, 0.29) is 5.60 Å². The molecule has 4 nitrogen and oxygen atoms in total. The van der Waals surface area contributed by atoms with Gasteiger partial charge in [-0.15, -0.1) is 0 Å². The third-order valence-corrected chi connectivity index (χ3v) is 4.72. The molecule has 2 heterocycles. The van der Waals surface area contributed by atoms with Crippen LogP contribution in [0.2, 0.25) is 0 Å². The van der Waals surface area contributed by atoms with Crippen molar-refractivity contribution in [1.82, 2.24) is 14.9 Å². The second-order valence-electron chi connectivity index (χ2n) is 6.70. The minimum atomic E-state index is 0.238. The number of hydrogen-bond donors (Lipinski definition) is 1. The van der Waals surface area contributed by atoms with Gasteiger partial charge in [-0.05, 0) is 25.7 Å². The maximum atomic E-state index is 6.39. The lowest BCUT2D eigenvalue weighted by atomic mass is 9.98. The van der Waals surface area contributed by atoms with Gasteiger partial charge in [0.2, 0.25) is 0 Å². The fourth-order valence-electron chi connectivity index (χ4n) is 3.60. The monoisotopic (exact) mass is 277 g/mol. The summed E-state index contributed by atoms with van der Waals surface area (Å²) in [5.74, 6) is 1.12. The number of nitrogens with one attached hydrogen (secondary N) is 1. The van der Waals surface area contributed by atoms with Crippen molar-refractivity contribution in [2.45, 2.75) is 83.2 Å². The van der Waals surface area contributed by atoms with Crippen LogP contribution in [0.1, 0.15) is 58.2 Å². The van der Waals surface area contributed by atoms with E-state index < -0.39 is 0 Å². The molecular weight excluding hydrogens is 250 g/mol. The molecule has 1 aromatic rings. The van der Waals surface area contributed by atoms with E-state index >= 15 is 0 Å². The fraction of sp³-hybridized carbons (Fsp3) is 0.812. The maximum Gasteiger partial charge on any atom is 0.122 e. The summed E-state index contributed by atoms with van der Waals surface area (Å²) in [6.07, 6.45) is 12.1. The summed E-state index contributed by atoms with van der Waals surface area (Å²) in [5.41, 5.74) is 0.238. The van der Waals surface area contributed by atoms with Crippen molar-refractivity contribution in [2.24, 2.45) is 0 Å². The van der Waals surface area contributed by atoms with Crippen molar-refractivity contribution in [3.63, 3.8) is 0 Å². The number of rotatable bonds is 5. The molecule has 1 unspecified atom stereocenters. The van der Waals surface area contributed by atoms with Crippen molar-refractivity contribution < 1.29 is 4.74 Å². The van der Waals surface area contributed by atoms with E-state index in [0.717, 1.165) is 18.9 Å². The Morgan fingerprint density at radius 2 is 2.20 bits per heavy atom. The average molecular weight is 277 g/mol. The molecule has 3 rings (SSSR count). The predicted octanol–water partition coefficient (Wildman–Crippen LogP) is 2.87. The molecule has 1 spiro atoms. The topological polar surface area (TPSA) is 39.1 Å². The number of ether oxygens (including phenoxy) is 1. The first-order chi connectivity index (χ1) is 9.67. The molecule has 0 radical (unpaired) electrons. The number of nitrogens with zero attached hydrogens (tertiary/aromatic N) is 2. The molecule has 1 aliphatic heterocycles. The van der Waals surface area contributed by atoms with Gasteiger partial charge in [0.25, 0.3) is 0 Å². The van der Waals surface area contributed by atoms with Gasteiger partial charge < -0.3 is 14.6 Å². The average Bonchev–Trinajstić information content (AvgIpc) is 3.12. The molecule has 4 heteroatoms. The normalized spacial score (nSPS) is 25.1. The van der Waals surface area contributed by atoms with Crippen LogP contribution in [-0.2, 0) is 17.8 Å². The molecule has 1 aliphatic carbocycles. The zero-order chi connectivity index (χ0) is 14.0. The Bertz CT molecular complexity index is 435. The highest BCUT2D eigenvalue weighted by atomic mass is 16.5. The van der Waals surface area contributed by atoms with Crippen LogP contribution in [0, 0.1) is 0 Å². The van der Waals surface area contributed by atoms with Crippen LogP contribution in [0.5, 0.6) is 0 Å². The van der Waals surface area contributed by atoms with Gasteiger partial charge in [-0.3, -0.25) is 0 Å². The van der Waals surface area contributed by atoms with Crippen molar-refractivity contribution in [3.05, 3.63) is 18.2 Å². The molecule has 20 heavy (non-hydrogen) atoms. The molecule has 1 atom stereocenters. The highest BCUT2D eigenvalue weighted by Gasteiger charge is 2.42. The van der Waals surface area contributed by atoms with Crippen LogP contribution in [0.15, 0.2) is 12.4 Å². The zero-order valence-corrected chi connectivity index (χ0v) is 12.8. The smallest absolute Gasteiger partial charge is 0.122 e. The molecule has 0 aromatic carbocycles. The van der Waals surface area contributed by atoms with Gasteiger partial charge in [0.1, 0.15) is 5.82 Å². The largest absolute Gasteiger partial charge is 0.370 e. The minimum Gasteiger partial charge on any atom is -0.370 e. The van der Waals surface area contributed by atoms with Crippen molar-refractivity contribution >= 4 is 0 Å². The molecular formula is C16H27N3O. The SMILES string of the molecule is CC(C)NCc1nccn1CC1CCC2(CCCC2)O1. The third-order valence-electron chi connectivity index (χ3n) is 4.72. The van der Waals surface area contributed by atoms with Crippen LogP contribution in [-0.4, -0.2) is 27.3 Å². The van der Waals surface area contributed by atoms with Gasteiger partial charge in [0.15, 0.2) is 0 Å². The summed E-state index contributed by atoms with van der Waals surface area (Å²) in [4.78, 5) is 4.46. The standard InChI is InChI=1S/C16H27N3O/c1-13(2)18-11-15-17-9-10-19(15)12-14-5-8-16(20-14)6-3-4-7-16/h9-10,13-14,18H,3-8,11-12H2,1-2H3. The predicted molar refractivity (Wildman–Crippen MR) is 79.5 cm³/mol. The van der Waals surface area contributed by atoms with Crippen LogP contribution in [0.25, 0.3) is 0 Å². The van der Waals surface area contributed by atoms with Gasteiger partial charge in [-0.25, -0.2) is 4.98 Å². The number of imidazole rings is 1. The quantitative estimate of drug-likeness (QED) is 0.899. The summed E-state index contributed by atoms with van der Waals surface area (Å²) >= 11 is 0. The molecule has 0 amide bonds. The van der Waals surface area contributed by atoms with Gasteiger partial charge in [0, 0.05) is 18.4 Å². The van der Waals surface area contributed by atoms with Crippen LogP contribution in [0.3, 0.4) is 0 Å². The Balaban J connectivity index is 1.57. The van der Waals surface area contributed by atoms with Crippen molar-refractivity contribution in [3.8, 4) is 0 Å². The van der Waals surface area contributed by atoms with Crippen molar-refractivity contribution in [1.29, 1.82) is 0 Å². The first-order valence-corrected chi connectivity index (χ1v) is 8.08. The number of aromatic nitrogens is 2. The second kappa shape index (κ2) is 5.86. The Morgan fingerprint density at radius 3 is 2.95 bits per heavy atom. The Labute approximate surface area is 121 Å². The van der Waals surface area contributed by atoms with Gasteiger partial charge >= 0.3 is 0 Å². The first kappa shape index (κ1) is 14.1. The van der Waals surface area contributed by atoms with Gasteiger partial charge in [-0.1, -0.05) is 26.7 Å². The van der Waals surface area contributed by atoms with E-state index in [2.05, 4.69) is 34.9 Å². The molecule has 1 saturated heterocycles. The Hall–Kier alpha value is -0.870. The van der Waals surface area contributed by atoms with Gasteiger partial charge in [-0.2, -0.15) is 0 Å². The Morgan fingerprint density at radius 1 is 1.40 bits per heavy atom. The molecule has 1 saturated carbocycles. The second-order valence-corrected chi connectivity index (χ2v) is 6.70. The fourth-order valence-corrected chi connectivity index (χ4v) is 3.60. The summed E-state index contributed by atoms with van der Waals surface area (Å²) in [6.45, 7) is 6.12. The zero-order valence-electron chi connectivity index (χ0n) is 12.8. The molecule has 2 fully saturated rings. The third kappa shape index (κ3) is 3.07.